The van der Waals surface area contributed by atoms with Gasteiger partial charge in [-0.2, -0.15) is 5.10 Å². The number of carbonyl (C=O) groups is 1. The van der Waals surface area contributed by atoms with Crippen LogP contribution >= 0.6 is 0 Å². The fourth-order valence-electron chi connectivity index (χ4n) is 3.46. The number of ether oxygens (including phenoxy) is 2. The third-order valence-corrected chi connectivity index (χ3v) is 4.83. The van der Waals surface area contributed by atoms with Crippen molar-refractivity contribution < 1.29 is 19.4 Å². The fourth-order valence-corrected chi connectivity index (χ4v) is 3.46. The fraction of sp³-hybridized carbons (Fsp3) is 0.350. The van der Waals surface area contributed by atoms with E-state index in [1.165, 1.54) is 4.57 Å². The van der Waals surface area contributed by atoms with Crippen molar-refractivity contribution in [2.45, 2.75) is 6.54 Å². The van der Waals surface area contributed by atoms with Gasteiger partial charge in [0, 0.05) is 37.8 Å². The van der Waals surface area contributed by atoms with E-state index in [1.807, 2.05) is 12.1 Å². The number of likely N-dealkylation sites (N-methyl/N-ethyl adjacent to an activating group) is 1. The summed E-state index contributed by atoms with van der Waals surface area (Å²) in [5.74, 6) is 0.233. The Morgan fingerprint density at radius 3 is 2.38 bits per heavy atom. The van der Waals surface area contributed by atoms with E-state index in [2.05, 4.69) is 5.10 Å². The lowest BCUT2D eigenvalue weighted by Crippen LogP contribution is -2.25. The average molecular weight is 400 g/mol. The number of aliphatic carboxylic acids is 1. The summed E-state index contributed by atoms with van der Waals surface area (Å²) in [4.78, 5) is 25.2. The maximum absolute atomic E-state index is 12.5. The van der Waals surface area contributed by atoms with Crippen LogP contribution in [-0.4, -0.2) is 58.1 Å². The van der Waals surface area contributed by atoms with Gasteiger partial charge in [-0.15, -0.1) is 0 Å². The molecule has 3 aromatic rings. The van der Waals surface area contributed by atoms with E-state index in [0.717, 1.165) is 22.1 Å². The molecule has 9 nitrogen and oxygen atoms in total. The van der Waals surface area contributed by atoms with Crippen LogP contribution in [0, 0.1) is 0 Å². The van der Waals surface area contributed by atoms with Gasteiger partial charge in [0.25, 0.3) is 5.56 Å². The molecule has 3 rings (SSSR count). The Balaban J connectivity index is 2.18. The van der Waals surface area contributed by atoms with Gasteiger partial charge >= 0.3 is 5.97 Å². The molecule has 1 N–H and O–H groups in total. The average Bonchev–Trinajstić information content (AvgIpc) is 3.06. The second-order valence-electron chi connectivity index (χ2n) is 6.91. The molecule has 0 unspecified atom stereocenters. The molecule has 0 spiro atoms. The van der Waals surface area contributed by atoms with Crippen molar-refractivity contribution >= 4 is 16.9 Å². The second-order valence-corrected chi connectivity index (χ2v) is 6.91. The van der Waals surface area contributed by atoms with E-state index in [0.29, 0.717) is 23.6 Å². The van der Waals surface area contributed by atoms with E-state index in [-0.39, 0.29) is 12.1 Å². The molecule has 9 heteroatoms. The van der Waals surface area contributed by atoms with Crippen LogP contribution in [0.5, 0.6) is 11.5 Å². The first-order valence-corrected chi connectivity index (χ1v) is 8.93. The SMILES string of the molecule is COc1cc(-c2cn(C)c(=O)c3c2cnn3C)cc(OC)c1CN(C)CC(=O)O. The summed E-state index contributed by atoms with van der Waals surface area (Å²) in [6, 6.07) is 3.72. The molecule has 154 valence electrons. The molecule has 2 aromatic heterocycles. The van der Waals surface area contributed by atoms with Crippen LogP contribution in [-0.2, 0) is 25.4 Å². The predicted molar refractivity (Wildman–Crippen MR) is 108 cm³/mol. The first-order valence-electron chi connectivity index (χ1n) is 8.93. The van der Waals surface area contributed by atoms with E-state index in [4.69, 9.17) is 14.6 Å². The summed E-state index contributed by atoms with van der Waals surface area (Å²) in [6.07, 6.45) is 3.43. The van der Waals surface area contributed by atoms with Crippen LogP contribution in [0.3, 0.4) is 0 Å². The van der Waals surface area contributed by atoms with Crippen LogP contribution in [0.25, 0.3) is 22.0 Å². The zero-order chi connectivity index (χ0) is 21.3. The van der Waals surface area contributed by atoms with Gasteiger partial charge in [0.1, 0.15) is 17.0 Å². The van der Waals surface area contributed by atoms with Gasteiger partial charge in [-0.1, -0.05) is 0 Å². The summed E-state index contributed by atoms with van der Waals surface area (Å²) in [5.41, 5.74) is 2.74. The zero-order valence-corrected chi connectivity index (χ0v) is 17.1. The van der Waals surface area contributed by atoms with E-state index >= 15 is 0 Å². The normalized spacial score (nSPS) is 11.2. The molecular formula is C20H24N4O5. The van der Waals surface area contributed by atoms with Crippen LogP contribution in [0.15, 0.2) is 29.3 Å². The molecule has 0 aliphatic heterocycles. The Kier molecular flexibility index (Phi) is 5.60. The van der Waals surface area contributed by atoms with Crippen molar-refractivity contribution in [2.75, 3.05) is 27.8 Å². The molecule has 0 aliphatic rings. The molecule has 0 saturated heterocycles. The number of carboxylic acids is 1. The first kappa shape index (κ1) is 20.4. The summed E-state index contributed by atoms with van der Waals surface area (Å²) in [7, 11) is 8.25. The lowest BCUT2D eigenvalue weighted by atomic mass is 10.0. The first-order chi connectivity index (χ1) is 13.8. The molecular weight excluding hydrogens is 376 g/mol. The summed E-state index contributed by atoms with van der Waals surface area (Å²) in [6.45, 7) is 0.236. The highest BCUT2D eigenvalue weighted by Gasteiger charge is 2.19. The van der Waals surface area contributed by atoms with Gasteiger partial charge < -0.3 is 19.1 Å². The highest BCUT2D eigenvalue weighted by Crippen LogP contribution is 2.37. The molecule has 0 atom stereocenters. The van der Waals surface area contributed by atoms with E-state index in [9.17, 15) is 9.59 Å². The maximum atomic E-state index is 12.5. The largest absolute Gasteiger partial charge is 0.496 e. The number of pyridine rings is 1. The molecule has 0 amide bonds. The van der Waals surface area contributed by atoms with Crippen LogP contribution < -0.4 is 15.0 Å². The Hall–Kier alpha value is -3.33. The van der Waals surface area contributed by atoms with Crippen molar-refractivity contribution in [2.24, 2.45) is 14.1 Å². The standard InChI is InChI=1S/C20H24N4O5/c1-22(11-18(25)26)9-15-16(28-4)6-12(7-17(15)29-5)14-10-23(2)20(27)19-13(14)8-21-24(19)3/h6-8,10H,9,11H2,1-5H3,(H,25,26). The summed E-state index contributed by atoms with van der Waals surface area (Å²) >= 11 is 0. The van der Waals surface area contributed by atoms with Crippen LogP contribution in [0.4, 0.5) is 0 Å². The Morgan fingerprint density at radius 1 is 1.21 bits per heavy atom. The number of aromatic nitrogens is 3. The summed E-state index contributed by atoms with van der Waals surface area (Å²) in [5, 5.41) is 14.0. The van der Waals surface area contributed by atoms with Crippen molar-refractivity contribution in [3.05, 3.63) is 40.4 Å². The summed E-state index contributed by atoms with van der Waals surface area (Å²) < 4.78 is 14.2. The quantitative estimate of drug-likeness (QED) is 0.641. The second kappa shape index (κ2) is 7.96. The van der Waals surface area contributed by atoms with Crippen molar-refractivity contribution in [3.8, 4) is 22.6 Å². The number of methoxy groups -OCH3 is 2. The van der Waals surface area contributed by atoms with Gasteiger partial charge in [0.05, 0.1) is 32.5 Å². The topological polar surface area (TPSA) is 98.8 Å². The lowest BCUT2D eigenvalue weighted by molar-refractivity contribution is -0.138. The number of fused-ring (bicyclic) bond motifs is 1. The molecule has 29 heavy (non-hydrogen) atoms. The Labute approximate surface area is 167 Å². The highest BCUT2D eigenvalue weighted by atomic mass is 16.5. The minimum absolute atomic E-state index is 0.106. The van der Waals surface area contributed by atoms with E-state index < -0.39 is 5.97 Å². The van der Waals surface area contributed by atoms with Gasteiger partial charge in [0.2, 0.25) is 0 Å². The minimum Gasteiger partial charge on any atom is -0.496 e. The number of carboxylic acid groups (broad SMARTS) is 1. The number of hydrogen-bond donors (Lipinski definition) is 1. The molecule has 0 fully saturated rings. The molecule has 2 heterocycles. The molecule has 0 radical (unpaired) electrons. The lowest BCUT2D eigenvalue weighted by Gasteiger charge is -2.20. The maximum Gasteiger partial charge on any atom is 0.317 e. The molecule has 0 bridgehead atoms. The smallest absolute Gasteiger partial charge is 0.317 e. The number of benzene rings is 1. The minimum atomic E-state index is -0.911. The van der Waals surface area contributed by atoms with Gasteiger partial charge in [-0.25, -0.2) is 0 Å². The van der Waals surface area contributed by atoms with Gasteiger partial charge in [-0.3, -0.25) is 19.2 Å². The number of aryl methyl sites for hydroxylation is 2. The highest BCUT2D eigenvalue weighted by molar-refractivity contribution is 5.94. The third-order valence-electron chi connectivity index (χ3n) is 4.83. The molecule has 1 aromatic carbocycles. The van der Waals surface area contributed by atoms with Crippen molar-refractivity contribution in [1.82, 2.24) is 19.2 Å². The third kappa shape index (κ3) is 3.81. The number of hydrogen-bond acceptors (Lipinski definition) is 6. The molecule has 0 aliphatic carbocycles. The van der Waals surface area contributed by atoms with Gasteiger partial charge in [-0.05, 0) is 24.7 Å². The molecule has 0 saturated carbocycles. The van der Waals surface area contributed by atoms with Crippen molar-refractivity contribution in [1.29, 1.82) is 0 Å². The van der Waals surface area contributed by atoms with Crippen LogP contribution in [0.1, 0.15) is 5.56 Å². The zero-order valence-electron chi connectivity index (χ0n) is 17.1. The monoisotopic (exact) mass is 400 g/mol. The van der Waals surface area contributed by atoms with Crippen molar-refractivity contribution in [3.63, 3.8) is 0 Å². The predicted octanol–water partition coefficient (Wildman–Crippen LogP) is 1.47. The number of rotatable bonds is 7. The number of nitrogens with zero attached hydrogens (tertiary/aromatic N) is 4. The Morgan fingerprint density at radius 2 is 1.83 bits per heavy atom. The van der Waals surface area contributed by atoms with Gasteiger partial charge in [0.15, 0.2) is 0 Å². The Bertz CT molecular complexity index is 1110. The van der Waals surface area contributed by atoms with E-state index in [1.54, 1.807) is 57.3 Å². The van der Waals surface area contributed by atoms with Crippen LogP contribution in [0.2, 0.25) is 0 Å².